The van der Waals surface area contributed by atoms with Crippen LogP contribution in [-0.2, 0) is 16.6 Å². The summed E-state index contributed by atoms with van der Waals surface area (Å²) < 4.78 is 50.2. The molecule has 0 N–H and O–H groups in total. The Bertz CT molecular complexity index is 792. The third kappa shape index (κ3) is 3.62. The fraction of sp³-hybridized carbons (Fsp3) is 0.250. The van der Waals surface area contributed by atoms with Crippen molar-refractivity contribution in [1.82, 2.24) is 4.31 Å². The van der Waals surface area contributed by atoms with Crippen molar-refractivity contribution in [3.63, 3.8) is 0 Å². The van der Waals surface area contributed by atoms with Crippen molar-refractivity contribution < 1.29 is 22.3 Å². The van der Waals surface area contributed by atoms with Gasteiger partial charge in [0.05, 0.1) is 19.1 Å². The molecular formula is C16H18FNO4S. The second-order valence-corrected chi connectivity index (χ2v) is 6.91. The van der Waals surface area contributed by atoms with E-state index < -0.39 is 15.8 Å². The summed E-state index contributed by atoms with van der Waals surface area (Å²) >= 11 is 0. The van der Waals surface area contributed by atoms with E-state index in [1.165, 1.54) is 45.5 Å². The van der Waals surface area contributed by atoms with Crippen LogP contribution in [-0.4, -0.2) is 34.0 Å². The van der Waals surface area contributed by atoms with Crippen LogP contribution >= 0.6 is 0 Å². The third-order valence-corrected chi connectivity index (χ3v) is 5.21. The molecule has 0 unspecified atom stereocenters. The van der Waals surface area contributed by atoms with Crippen LogP contribution in [0, 0.1) is 5.82 Å². The Balaban J connectivity index is 2.32. The van der Waals surface area contributed by atoms with Gasteiger partial charge in [0.15, 0.2) is 11.5 Å². The van der Waals surface area contributed by atoms with Crippen molar-refractivity contribution in [2.24, 2.45) is 0 Å². The lowest BCUT2D eigenvalue weighted by Crippen LogP contribution is -2.27. The summed E-state index contributed by atoms with van der Waals surface area (Å²) in [5.41, 5.74) is 0.305. The average molecular weight is 339 g/mol. The molecule has 0 aromatic heterocycles. The number of methoxy groups -OCH3 is 2. The van der Waals surface area contributed by atoms with Crippen molar-refractivity contribution in [3.8, 4) is 11.5 Å². The summed E-state index contributed by atoms with van der Waals surface area (Å²) in [6, 6.07) is 10.4. The Morgan fingerprint density at radius 1 is 1.04 bits per heavy atom. The molecule has 0 amide bonds. The molecule has 0 saturated carbocycles. The lowest BCUT2D eigenvalue weighted by Gasteiger charge is -2.18. The Morgan fingerprint density at radius 2 is 1.70 bits per heavy atom. The van der Waals surface area contributed by atoms with E-state index in [9.17, 15) is 12.8 Å². The number of halogens is 1. The van der Waals surface area contributed by atoms with Gasteiger partial charge in [0.1, 0.15) is 5.82 Å². The molecule has 0 aliphatic heterocycles. The quantitative estimate of drug-likeness (QED) is 0.812. The molecule has 124 valence electrons. The molecule has 0 spiro atoms. The van der Waals surface area contributed by atoms with E-state index in [-0.39, 0.29) is 11.4 Å². The van der Waals surface area contributed by atoms with Crippen LogP contribution in [0.5, 0.6) is 11.5 Å². The van der Waals surface area contributed by atoms with E-state index in [0.717, 1.165) is 4.31 Å². The highest BCUT2D eigenvalue weighted by Crippen LogP contribution is 2.30. The monoisotopic (exact) mass is 339 g/mol. The molecule has 2 rings (SSSR count). The maximum atomic E-state index is 13.7. The van der Waals surface area contributed by atoms with E-state index in [1.807, 2.05) is 0 Å². The molecule has 0 fully saturated rings. The van der Waals surface area contributed by atoms with Gasteiger partial charge in [-0.25, -0.2) is 12.8 Å². The minimum absolute atomic E-state index is 0.0500. The summed E-state index contributed by atoms with van der Waals surface area (Å²) in [7, 11) is 0.517. The molecule has 0 bridgehead atoms. The van der Waals surface area contributed by atoms with Gasteiger partial charge < -0.3 is 9.47 Å². The Kier molecular flexibility index (Phi) is 5.23. The van der Waals surface area contributed by atoms with Crippen LogP contribution in [0.25, 0.3) is 0 Å². The Morgan fingerprint density at radius 3 is 2.30 bits per heavy atom. The summed E-state index contributed by atoms with van der Waals surface area (Å²) in [6.07, 6.45) is 0. The second-order valence-electron chi connectivity index (χ2n) is 4.87. The molecule has 5 nitrogen and oxygen atoms in total. The first-order chi connectivity index (χ1) is 10.9. The smallest absolute Gasteiger partial charge is 0.243 e. The topological polar surface area (TPSA) is 55.8 Å². The van der Waals surface area contributed by atoms with Gasteiger partial charge in [0.2, 0.25) is 10.0 Å². The van der Waals surface area contributed by atoms with Crippen LogP contribution < -0.4 is 9.47 Å². The summed E-state index contributed by atoms with van der Waals surface area (Å²) in [5.74, 6) is 0.304. The minimum atomic E-state index is -3.78. The molecular weight excluding hydrogens is 321 g/mol. The SMILES string of the molecule is COc1ccc(S(=O)(=O)N(C)Cc2ccccc2F)cc1OC. The lowest BCUT2D eigenvalue weighted by molar-refractivity contribution is 0.353. The van der Waals surface area contributed by atoms with Crippen LogP contribution in [0.3, 0.4) is 0 Å². The fourth-order valence-corrected chi connectivity index (χ4v) is 3.27. The van der Waals surface area contributed by atoms with E-state index in [4.69, 9.17) is 9.47 Å². The maximum absolute atomic E-state index is 13.7. The standard InChI is InChI=1S/C16H18FNO4S/c1-18(11-12-6-4-5-7-14(12)17)23(19,20)13-8-9-15(21-2)16(10-13)22-3/h4-10H,11H2,1-3H3. The van der Waals surface area contributed by atoms with Crippen LogP contribution in [0.15, 0.2) is 47.4 Å². The Hall–Kier alpha value is -2.12. The van der Waals surface area contributed by atoms with E-state index >= 15 is 0 Å². The molecule has 2 aromatic carbocycles. The zero-order chi connectivity index (χ0) is 17.0. The molecule has 0 aliphatic carbocycles. The number of rotatable bonds is 6. The predicted molar refractivity (Wildman–Crippen MR) is 84.6 cm³/mol. The molecule has 23 heavy (non-hydrogen) atoms. The fourth-order valence-electron chi connectivity index (χ4n) is 2.11. The van der Waals surface area contributed by atoms with Crippen LogP contribution in [0.1, 0.15) is 5.56 Å². The first-order valence-electron chi connectivity index (χ1n) is 6.82. The molecule has 0 saturated heterocycles. The van der Waals surface area contributed by atoms with Crippen molar-refractivity contribution >= 4 is 10.0 Å². The zero-order valence-electron chi connectivity index (χ0n) is 13.1. The minimum Gasteiger partial charge on any atom is -0.493 e. The average Bonchev–Trinajstić information content (AvgIpc) is 2.56. The third-order valence-electron chi connectivity index (χ3n) is 3.41. The van der Waals surface area contributed by atoms with Gasteiger partial charge in [-0.05, 0) is 18.2 Å². The lowest BCUT2D eigenvalue weighted by atomic mass is 10.2. The molecule has 0 heterocycles. The number of nitrogens with zero attached hydrogens (tertiary/aromatic N) is 1. The van der Waals surface area contributed by atoms with Gasteiger partial charge in [0, 0.05) is 25.2 Å². The first-order valence-corrected chi connectivity index (χ1v) is 8.26. The largest absolute Gasteiger partial charge is 0.493 e. The molecule has 0 atom stereocenters. The number of sulfonamides is 1. The van der Waals surface area contributed by atoms with E-state index in [0.29, 0.717) is 17.1 Å². The normalized spacial score (nSPS) is 11.5. The summed E-state index contributed by atoms with van der Waals surface area (Å²) in [4.78, 5) is 0.0500. The van der Waals surface area contributed by atoms with Crippen molar-refractivity contribution in [1.29, 1.82) is 0 Å². The van der Waals surface area contributed by atoms with Crippen molar-refractivity contribution in [2.75, 3.05) is 21.3 Å². The predicted octanol–water partition coefficient (Wildman–Crippen LogP) is 2.66. The van der Waals surface area contributed by atoms with Gasteiger partial charge in [-0.15, -0.1) is 0 Å². The highest BCUT2D eigenvalue weighted by atomic mass is 32.2. The Labute approximate surface area is 135 Å². The number of benzene rings is 2. The molecule has 0 aliphatic rings. The second kappa shape index (κ2) is 6.97. The van der Waals surface area contributed by atoms with Crippen LogP contribution in [0.4, 0.5) is 4.39 Å². The van der Waals surface area contributed by atoms with Gasteiger partial charge in [0.25, 0.3) is 0 Å². The highest BCUT2D eigenvalue weighted by molar-refractivity contribution is 7.89. The number of ether oxygens (including phenoxy) is 2. The first kappa shape index (κ1) is 17.2. The molecule has 2 aromatic rings. The molecule has 7 heteroatoms. The van der Waals surface area contributed by atoms with Crippen molar-refractivity contribution in [2.45, 2.75) is 11.4 Å². The highest BCUT2D eigenvalue weighted by Gasteiger charge is 2.23. The summed E-state index contributed by atoms with van der Waals surface area (Å²) in [6.45, 7) is -0.0661. The van der Waals surface area contributed by atoms with Crippen LogP contribution in [0.2, 0.25) is 0 Å². The number of hydrogen-bond donors (Lipinski definition) is 0. The maximum Gasteiger partial charge on any atom is 0.243 e. The van der Waals surface area contributed by atoms with Crippen molar-refractivity contribution in [3.05, 3.63) is 53.8 Å². The van der Waals surface area contributed by atoms with Gasteiger partial charge in [-0.1, -0.05) is 18.2 Å². The van der Waals surface area contributed by atoms with E-state index in [1.54, 1.807) is 18.2 Å². The van der Waals surface area contributed by atoms with E-state index in [2.05, 4.69) is 0 Å². The zero-order valence-corrected chi connectivity index (χ0v) is 13.9. The van der Waals surface area contributed by atoms with Gasteiger partial charge in [-0.2, -0.15) is 4.31 Å². The van der Waals surface area contributed by atoms with Gasteiger partial charge in [-0.3, -0.25) is 0 Å². The summed E-state index contributed by atoms with van der Waals surface area (Å²) in [5, 5.41) is 0. The molecule has 0 radical (unpaired) electrons. The van der Waals surface area contributed by atoms with Gasteiger partial charge >= 0.3 is 0 Å². The number of hydrogen-bond acceptors (Lipinski definition) is 4.